The van der Waals surface area contributed by atoms with Gasteiger partial charge in [-0.1, -0.05) is 29.8 Å². The summed E-state index contributed by atoms with van der Waals surface area (Å²) in [6.45, 7) is 3.99. The van der Waals surface area contributed by atoms with Crippen molar-refractivity contribution in [1.82, 2.24) is 9.97 Å². The van der Waals surface area contributed by atoms with Crippen molar-refractivity contribution >= 4 is 22.6 Å². The Morgan fingerprint density at radius 3 is 2.71 bits per heavy atom. The molecule has 2 aromatic heterocycles. The zero-order chi connectivity index (χ0) is 14.6. The van der Waals surface area contributed by atoms with Crippen LogP contribution in [-0.2, 0) is 0 Å². The molecule has 0 amide bonds. The van der Waals surface area contributed by atoms with E-state index in [0.29, 0.717) is 11.1 Å². The molecule has 4 rings (SSSR count). The molecule has 0 spiro atoms. The van der Waals surface area contributed by atoms with Crippen LogP contribution in [0.1, 0.15) is 35.7 Å². The minimum atomic E-state index is 0.466. The number of hydrogen-bond acceptors (Lipinski definition) is 3. The van der Waals surface area contributed by atoms with E-state index in [4.69, 9.17) is 21.0 Å². The lowest BCUT2D eigenvalue weighted by Crippen LogP contribution is -1.98. The Hall–Kier alpha value is -1.87. The summed E-state index contributed by atoms with van der Waals surface area (Å²) < 4.78 is 6.03. The Bertz CT molecular complexity index is 849. The van der Waals surface area contributed by atoms with Crippen LogP contribution < -0.4 is 0 Å². The molecule has 1 aromatic carbocycles. The fourth-order valence-corrected chi connectivity index (χ4v) is 2.77. The van der Waals surface area contributed by atoms with E-state index in [0.717, 1.165) is 52.2 Å². The van der Waals surface area contributed by atoms with Gasteiger partial charge in [-0.25, -0.2) is 9.97 Å². The lowest BCUT2D eigenvalue weighted by molar-refractivity contribution is 0.624. The summed E-state index contributed by atoms with van der Waals surface area (Å²) in [6, 6.07) is 8.16. The molecular weight excluding hydrogens is 284 g/mol. The highest BCUT2D eigenvalue weighted by Crippen LogP contribution is 2.40. The van der Waals surface area contributed by atoms with Crippen molar-refractivity contribution in [1.29, 1.82) is 0 Å². The summed E-state index contributed by atoms with van der Waals surface area (Å²) in [7, 11) is 0. The third kappa shape index (κ3) is 2.12. The van der Waals surface area contributed by atoms with Crippen molar-refractivity contribution in [3.05, 3.63) is 46.4 Å². The van der Waals surface area contributed by atoms with Gasteiger partial charge < -0.3 is 4.42 Å². The maximum Gasteiger partial charge on any atom is 0.154 e. The Morgan fingerprint density at radius 2 is 2.00 bits per heavy atom. The summed E-state index contributed by atoms with van der Waals surface area (Å²) in [5, 5.41) is 1.62. The SMILES string of the molecule is Cc1c(Cl)nc(C2CC2)nc1-c1cc2cccc(C)c2o1. The van der Waals surface area contributed by atoms with Crippen molar-refractivity contribution in [2.45, 2.75) is 32.6 Å². The van der Waals surface area contributed by atoms with Gasteiger partial charge in [0.2, 0.25) is 0 Å². The van der Waals surface area contributed by atoms with Crippen LogP contribution in [0.15, 0.2) is 28.7 Å². The number of halogens is 1. The van der Waals surface area contributed by atoms with E-state index in [1.807, 2.05) is 32.0 Å². The number of para-hydroxylation sites is 1. The van der Waals surface area contributed by atoms with E-state index >= 15 is 0 Å². The van der Waals surface area contributed by atoms with E-state index < -0.39 is 0 Å². The maximum absolute atomic E-state index is 6.28. The van der Waals surface area contributed by atoms with Crippen LogP contribution >= 0.6 is 11.6 Å². The fourth-order valence-electron chi connectivity index (χ4n) is 2.60. The molecule has 2 heterocycles. The molecule has 4 heteroatoms. The summed E-state index contributed by atoms with van der Waals surface area (Å²) >= 11 is 6.28. The first-order valence-corrected chi connectivity index (χ1v) is 7.55. The van der Waals surface area contributed by atoms with Crippen molar-refractivity contribution in [3.8, 4) is 11.5 Å². The van der Waals surface area contributed by atoms with Crippen molar-refractivity contribution in [2.24, 2.45) is 0 Å². The highest BCUT2D eigenvalue weighted by atomic mass is 35.5. The largest absolute Gasteiger partial charge is 0.454 e. The van der Waals surface area contributed by atoms with Crippen LogP contribution in [0.4, 0.5) is 0 Å². The zero-order valence-corrected chi connectivity index (χ0v) is 12.7. The average molecular weight is 299 g/mol. The minimum absolute atomic E-state index is 0.466. The molecule has 1 aliphatic rings. The van der Waals surface area contributed by atoms with E-state index in [-0.39, 0.29) is 0 Å². The molecule has 0 bridgehead atoms. The normalized spacial score (nSPS) is 14.8. The number of benzene rings is 1. The molecule has 0 N–H and O–H groups in total. The Kier molecular flexibility index (Phi) is 2.79. The smallest absolute Gasteiger partial charge is 0.154 e. The van der Waals surface area contributed by atoms with Crippen LogP contribution in [0.25, 0.3) is 22.4 Å². The van der Waals surface area contributed by atoms with Gasteiger partial charge in [-0.15, -0.1) is 0 Å². The lowest BCUT2D eigenvalue weighted by atomic mass is 10.1. The maximum atomic E-state index is 6.28. The highest BCUT2D eigenvalue weighted by Gasteiger charge is 2.28. The first-order valence-electron chi connectivity index (χ1n) is 7.17. The quantitative estimate of drug-likeness (QED) is 0.622. The second-order valence-corrected chi connectivity index (χ2v) is 6.08. The summed E-state index contributed by atoms with van der Waals surface area (Å²) in [4.78, 5) is 9.11. The van der Waals surface area contributed by atoms with Crippen LogP contribution in [-0.4, -0.2) is 9.97 Å². The number of hydrogen-bond donors (Lipinski definition) is 0. The Balaban J connectivity index is 1.93. The van der Waals surface area contributed by atoms with Gasteiger partial charge in [0.1, 0.15) is 22.3 Å². The number of rotatable bonds is 2. The number of fused-ring (bicyclic) bond motifs is 1. The zero-order valence-electron chi connectivity index (χ0n) is 12.0. The second-order valence-electron chi connectivity index (χ2n) is 5.72. The van der Waals surface area contributed by atoms with Crippen LogP contribution in [0, 0.1) is 13.8 Å². The predicted molar refractivity (Wildman–Crippen MR) is 83.7 cm³/mol. The molecule has 0 radical (unpaired) electrons. The standard InChI is InChI=1S/C17H15ClN2O/c1-9-4-3-5-12-8-13(21-15(9)12)14-10(2)16(18)20-17(19-14)11-6-7-11/h3-5,8,11H,6-7H2,1-2H3. The first-order chi connectivity index (χ1) is 10.1. The lowest BCUT2D eigenvalue weighted by Gasteiger charge is -2.06. The van der Waals surface area contributed by atoms with Gasteiger partial charge in [-0.2, -0.15) is 0 Å². The summed E-state index contributed by atoms with van der Waals surface area (Å²) in [5.41, 5.74) is 3.72. The molecule has 0 aliphatic heterocycles. The summed E-state index contributed by atoms with van der Waals surface area (Å²) in [6.07, 6.45) is 2.30. The van der Waals surface area contributed by atoms with E-state index in [1.165, 1.54) is 0 Å². The van der Waals surface area contributed by atoms with Gasteiger partial charge >= 0.3 is 0 Å². The molecule has 1 saturated carbocycles. The molecule has 0 saturated heterocycles. The molecular formula is C17H15ClN2O. The molecule has 3 aromatic rings. The van der Waals surface area contributed by atoms with Crippen LogP contribution in [0.3, 0.4) is 0 Å². The van der Waals surface area contributed by atoms with E-state index in [9.17, 15) is 0 Å². The average Bonchev–Trinajstić information content (AvgIpc) is 3.21. The molecule has 1 aliphatic carbocycles. The molecule has 0 unspecified atom stereocenters. The third-order valence-corrected chi connectivity index (χ3v) is 4.39. The van der Waals surface area contributed by atoms with E-state index in [2.05, 4.69) is 11.1 Å². The third-order valence-electron chi connectivity index (χ3n) is 4.02. The van der Waals surface area contributed by atoms with Crippen molar-refractivity contribution < 1.29 is 4.42 Å². The number of aromatic nitrogens is 2. The predicted octanol–water partition coefficient (Wildman–Crippen LogP) is 5.04. The molecule has 3 nitrogen and oxygen atoms in total. The highest BCUT2D eigenvalue weighted by molar-refractivity contribution is 6.30. The van der Waals surface area contributed by atoms with Gasteiger partial charge in [0.25, 0.3) is 0 Å². The Morgan fingerprint density at radius 1 is 1.19 bits per heavy atom. The molecule has 1 fully saturated rings. The molecule has 106 valence electrons. The number of aryl methyl sites for hydroxylation is 1. The van der Waals surface area contributed by atoms with Gasteiger partial charge in [0.15, 0.2) is 5.76 Å². The van der Waals surface area contributed by atoms with Gasteiger partial charge in [-0.05, 0) is 38.3 Å². The van der Waals surface area contributed by atoms with Gasteiger partial charge in [-0.3, -0.25) is 0 Å². The van der Waals surface area contributed by atoms with Crippen LogP contribution in [0.2, 0.25) is 5.15 Å². The summed E-state index contributed by atoms with van der Waals surface area (Å²) in [5.74, 6) is 2.08. The van der Waals surface area contributed by atoms with Gasteiger partial charge in [0, 0.05) is 16.9 Å². The van der Waals surface area contributed by atoms with E-state index in [1.54, 1.807) is 0 Å². The van der Waals surface area contributed by atoms with Gasteiger partial charge in [0.05, 0.1) is 0 Å². The number of nitrogens with zero attached hydrogens (tertiary/aromatic N) is 2. The van der Waals surface area contributed by atoms with Crippen LogP contribution in [0.5, 0.6) is 0 Å². The number of furan rings is 1. The fraction of sp³-hybridized carbons (Fsp3) is 0.294. The Labute approximate surface area is 128 Å². The second kappa shape index (κ2) is 4.57. The topological polar surface area (TPSA) is 38.9 Å². The first kappa shape index (κ1) is 12.8. The monoisotopic (exact) mass is 298 g/mol. The molecule has 21 heavy (non-hydrogen) atoms. The van der Waals surface area contributed by atoms with Crippen molar-refractivity contribution in [2.75, 3.05) is 0 Å². The molecule has 0 atom stereocenters. The minimum Gasteiger partial charge on any atom is -0.454 e. The van der Waals surface area contributed by atoms with Crippen molar-refractivity contribution in [3.63, 3.8) is 0 Å².